The van der Waals surface area contributed by atoms with Crippen LogP contribution in [-0.2, 0) is 4.79 Å². The van der Waals surface area contributed by atoms with Crippen LogP contribution in [0.2, 0.25) is 0 Å². The highest BCUT2D eigenvalue weighted by atomic mass is 16.1. The Morgan fingerprint density at radius 2 is 1.80 bits per heavy atom. The first-order valence-corrected chi connectivity index (χ1v) is 5.02. The molecule has 15 heavy (non-hydrogen) atoms. The predicted molar refractivity (Wildman–Crippen MR) is 66.7 cm³/mol. The Balaban J connectivity index is 5.08. The molecule has 0 unspecified atom stereocenters. The number of rotatable bonds is 6. The van der Waals surface area contributed by atoms with Crippen LogP contribution in [0.3, 0.4) is 0 Å². The van der Waals surface area contributed by atoms with Crippen LogP contribution in [0.1, 0.15) is 20.3 Å². The monoisotopic (exact) mass is 202 g/mol. The van der Waals surface area contributed by atoms with Crippen LogP contribution in [0, 0.1) is 0 Å². The number of hydrogen-bond acceptors (Lipinski definition) is 1. The van der Waals surface area contributed by atoms with Gasteiger partial charge in [0, 0.05) is 5.57 Å². The van der Waals surface area contributed by atoms with Crippen molar-refractivity contribution in [1.29, 1.82) is 0 Å². The van der Waals surface area contributed by atoms with Crippen LogP contribution in [-0.4, -0.2) is 5.78 Å². The molecule has 0 N–H and O–H groups in total. The van der Waals surface area contributed by atoms with Gasteiger partial charge in [-0.25, -0.2) is 0 Å². The minimum Gasteiger partial charge on any atom is -0.289 e. The van der Waals surface area contributed by atoms with Gasteiger partial charge < -0.3 is 0 Å². The Hall–Kier alpha value is -1.63. The van der Waals surface area contributed by atoms with Crippen LogP contribution in [0.15, 0.2) is 60.8 Å². The van der Waals surface area contributed by atoms with E-state index in [1.807, 2.05) is 19.9 Å². The quantitative estimate of drug-likeness (QED) is 0.473. The number of allylic oxidation sites excluding steroid dienone is 8. The Labute approximate surface area is 92.2 Å². The Morgan fingerprint density at radius 3 is 2.20 bits per heavy atom. The summed E-state index contributed by atoms with van der Waals surface area (Å²) in [6, 6.07) is 0. The highest BCUT2D eigenvalue weighted by Crippen LogP contribution is 2.11. The van der Waals surface area contributed by atoms with E-state index in [1.165, 1.54) is 0 Å². The van der Waals surface area contributed by atoms with Crippen molar-refractivity contribution in [3.63, 3.8) is 0 Å². The van der Waals surface area contributed by atoms with Crippen LogP contribution < -0.4 is 0 Å². The van der Waals surface area contributed by atoms with Gasteiger partial charge in [0.05, 0.1) is 0 Å². The summed E-state index contributed by atoms with van der Waals surface area (Å²) in [5, 5.41) is 0. The van der Waals surface area contributed by atoms with Crippen molar-refractivity contribution in [3.8, 4) is 0 Å². The minimum absolute atomic E-state index is 0.0374. The molecule has 0 amide bonds. The first-order chi connectivity index (χ1) is 7.21. The lowest BCUT2D eigenvalue weighted by molar-refractivity contribution is -0.112. The molecular formula is C14H18O. The highest BCUT2D eigenvalue weighted by molar-refractivity contribution is 6.10. The second-order valence-electron chi connectivity index (χ2n) is 2.97. The molecule has 0 aliphatic carbocycles. The van der Waals surface area contributed by atoms with Gasteiger partial charge in [-0.3, -0.25) is 4.79 Å². The summed E-state index contributed by atoms with van der Waals surface area (Å²) < 4.78 is 0. The van der Waals surface area contributed by atoms with Crippen molar-refractivity contribution in [3.05, 3.63) is 60.8 Å². The molecule has 0 rings (SSSR count). The van der Waals surface area contributed by atoms with Crippen LogP contribution >= 0.6 is 0 Å². The second-order valence-corrected chi connectivity index (χ2v) is 2.97. The van der Waals surface area contributed by atoms with E-state index in [1.54, 1.807) is 30.4 Å². The lowest BCUT2D eigenvalue weighted by Crippen LogP contribution is -2.03. The molecule has 0 aromatic rings. The maximum atomic E-state index is 12.0. The largest absolute Gasteiger partial charge is 0.289 e. The van der Waals surface area contributed by atoms with Crippen molar-refractivity contribution in [1.82, 2.24) is 0 Å². The van der Waals surface area contributed by atoms with E-state index >= 15 is 0 Å². The molecule has 0 saturated heterocycles. The van der Waals surface area contributed by atoms with Crippen LogP contribution in [0.5, 0.6) is 0 Å². The van der Waals surface area contributed by atoms with Crippen molar-refractivity contribution < 1.29 is 4.79 Å². The van der Waals surface area contributed by atoms with Crippen molar-refractivity contribution in [2.24, 2.45) is 0 Å². The molecule has 0 fully saturated rings. The fourth-order valence-electron chi connectivity index (χ4n) is 1.20. The highest BCUT2D eigenvalue weighted by Gasteiger charge is 2.09. The molecular weight excluding hydrogens is 184 g/mol. The molecule has 0 spiro atoms. The first kappa shape index (κ1) is 13.4. The third-order valence-electron chi connectivity index (χ3n) is 1.90. The Morgan fingerprint density at radius 1 is 1.20 bits per heavy atom. The summed E-state index contributed by atoms with van der Waals surface area (Å²) in [7, 11) is 0. The maximum Gasteiger partial charge on any atom is 0.188 e. The zero-order chi connectivity index (χ0) is 11.7. The molecule has 0 aliphatic rings. The van der Waals surface area contributed by atoms with Gasteiger partial charge in [-0.05, 0) is 18.9 Å². The zero-order valence-corrected chi connectivity index (χ0v) is 9.49. The number of hydrogen-bond donors (Lipinski definition) is 0. The average Bonchev–Trinajstić information content (AvgIpc) is 2.24. The molecule has 1 heteroatoms. The van der Waals surface area contributed by atoms with Gasteiger partial charge in [-0.2, -0.15) is 0 Å². The fraction of sp³-hybridized carbons (Fsp3) is 0.214. The minimum atomic E-state index is 0.0374. The molecule has 0 aromatic heterocycles. The predicted octanol–water partition coefficient (Wildman–Crippen LogP) is 3.77. The normalized spacial score (nSPS) is 12.9. The second kappa shape index (κ2) is 7.74. The van der Waals surface area contributed by atoms with E-state index in [0.29, 0.717) is 12.0 Å². The molecule has 0 radical (unpaired) electrons. The third-order valence-corrected chi connectivity index (χ3v) is 1.90. The summed E-state index contributed by atoms with van der Waals surface area (Å²) in [5.74, 6) is 0.0374. The number of carbonyl (C=O) groups excluding carboxylic acids is 1. The van der Waals surface area contributed by atoms with Gasteiger partial charge >= 0.3 is 0 Å². The molecule has 80 valence electrons. The number of carbonyl (C=O) groups is 1. The number of ketones is 1. The molecule has 0 aliphatic heterocycles. The molecule has 0 aromatic carbocycles. The lowest BCUT2D eigenvalue weighted by atomic mass is 10.0. The summed E-state index contributed by atoms with van der Waals surface area (Å²) in [6.45, 7) is 11.0. The van der Waals surface area contributed by atoms with Gasteiger partial charge in [-0.15, -0.1) is 0 Å². The van der Waals surface area contributed by atoms with E-state index in [0.717, 1.165) is 5.57 Å². The lowest BCUT2D eigenvalue weighted by Gasteiger charge is -2.03. The average molecular weight is 202 g/mol. The van der Waals surface area contributed by atoms with Crippen molar-refractivity contribution in [2.75, 3.05) is 0 Å². The van der Waals surface area contributed by atoms with Crippen molar-refractivity contribution in [2.45, 2.75) is 20.3 Å². The van der Waals surface area contributed by atoms with Gasteiger partial charge in [0.25, 0.3) is 0 Å². The first-order valence-electron chi connectivity index (χ1n) is 5.02. The van der Waals surface area contributed by atoms with E-state index in [-0.39, 0.29) is 5.78 Å². The fourth-order valence-corrected chi connectivity index (χ4v) is 1.20. The van der Waals surface area contributed by atoms with E-state index in [9.17, 15) is 4.79 Å². The SMILES string of the molecule is C=C/C=C(\C=C/C)C(=O)/C(=C/C=C)CC. The smallest absolute Gasteiger partial charge is 0.188 e. The third kappa shape index (κ3) is 4.41. The topological polar surface area (TPSA) is 17.1 Å². The molecule has 0 bridgehead atoms. The van der Waals surface area contributed by atoms with Crippen molar-refractivity contribution >= 4 is 5.78 Å². The molecule has 0 saturated carbocycles. The summed E-state index contributed by atoms with van der Waals surface area (Å²) >= 11 is 0. The van der Waals surface area contributed by atoms with Gasteiger partial charge in [0.15, 0.2) is 5.78 Å². The Bertz CT molecular complexity index is 327. The zero-order valence-electron chi connectivity index (χ0n) is 9.49. The summed E-state index contributed by atoms with van der Waals surface area (Å²) in [5.41, 5.74) is 1.42. The van der Waals surface area contributed by atoms with E-state index in [4.69, 9.17) is 0 Å². The van der Waals surface area contributed by atoms with Crippen LogP contribution in [0.4, 0.5) is 0 Å². The van der Waals surface area contributed by atoms with E-state index in [2.05, 4.69) is 13.2 Å². The molecule has 1 nitrogen and oxygen atoms in total. The standard InChI is InChI=1S/C14H18O/c1-5-9-12(8-4)14(15)13(10-6-2)11-7-3/h5-7,9-11H,1-2,8H2,3-4H3/b11-7-,12-9+,13-10+. The van der Waals surface area contributed by atoms with Crippen LogP contribution in [0.25, 0.3) is 0 Å². The molecule has 0 heterocycles. The number of Topliss-reactive ketones (excluding diaryl/α,β-unsaturated/α-hetero) is 1. The van der Waals surface area contributed by atoms with Gasteiger partial charge in [-0.1, -0.05) is 56.5 Å². The van der Waals surface area contributed by atoms with E-state index < -0.39 is 0 Å². The summed E-state index contributed by atoms with van der Waals surface area (Å²) in [4.78, 5) is 12.0. The molecule has 0 atom stereocenters. The summed E-state index contributed by atoms with van der Waals surface area (Å²) in [6.07, 6.45) is 11.1. The Kier molecular flexibility index (Phi) is 6.90. The maximum absolute atomic E-state index is 12.0. The van der Waals surface area contributed by atoms with Gasteiger partial charge in [0.2, 0.25) is 0 Å². The van der Waals surface area contributed by atoms with Gasteiger partial charge in [0.1, 0.15) is 0 Å².